The average molecular weight is 306 g/mol. The lowest BCUT2D eigenvalue weighted by atomic mass is 10.1. The number of rotatable bonds is 6. The van der Waals surface area contributed by atoms with Gasteiger partial charge >= 0.3 is 0 Å². The second kappa shape index (κ2) is 7.46. The van der Waals surface area contributed by atoms with E-state index in [2.05, 4.69) is 0 Å². The zero-order chi connectivity index (χ0) is 15.2. The minimum absolute atomic E-state index is 0.405. The molecular weight excluding hydrogens is 286 g/mol. The fourth-order valence-electron chi connectivity index (χ4n) is 2.14. The Morgan fingerprint density at radius 3 is 2.71 bits per heavy atom. The number of hydrogen-bond donors (Lipinski definition) is 2. The van der Waals surface area contributed by atoms with Crippen LogP contribution in [0.2, 0.25) is 5.02 Å². The van der Waals surface area contributed by atoms with Gasteiger partial charge in [-0.15, -0.1) is 0 Å². The maximum absolute atomic E-state index is 9.96. The number of aryl methyl sites for hydroxylation is 1. The Morgan fingerprint density at radius 1 is 1.24 bits per heavy atom. The van der Waals surface area contributed by atoms with Crippen LogP contribution in [0, 0.1) is 6.92 Å². The van der Waals surface area contributed by atoms with E-state index in [1.807, 2.05) is 49.4 Å². The summed E-state index contributed by atoms with van der Waals surface area (Å²) >= 11 is 6.18. The molecule has 0 spiro atoms. The maximum atomic E-state index is 9.96. The molecule has 1 unspecified atom stereocenters. The number of halogens is 1. The molecule has 0 aliphatic rings. The van der Waals surface area contributed by atoms with Crippen LogP contribution in [-0.4, -0.2) is 11.7 Å². The van der Waals surface area contributed by atoms with Gasteiger partial charge in [0.25, 0.3) is 0 Å². The first-order chi connectivity index (χ1) is 10.1. The van der Waals surface area contributed by atoms with Crippen molar-refractivity contribution in [2.75, 3.05) is 6.54 Å². The topological polar surface area (TPSA) is 55.5 Å². The van der Waals surface area contributed by atoms with Gasteiger partial charge in [-0.05, 0) is 49.2 Å². The molecule has 0 aromatic heterocycles. The lowest BCUT2D eigenvalue weighted by Crippen LogP contribution is -2.07. The van der Waals surface area contributed by atoms with Crippen LogP contribution in [0.25, 0.3) is 0 Å². The molecule has 3 N–H and O–H groups in total. The fraction of sp³-hybridized carbons (Fsp3) is 0.294. The summed E-state index contributed by atoms with van der Waals surface area (Å²) < 4.78 is 5.80. The van der Waals surface area contributed by atoms with Crippen molar-refractivity contribution >= 4 is 11.6 Å². The molecule has 21 heavy (non-hydrogen) atoms. The van der Waals surface area contributed by atoms with Crippen LogP contribution in [0.5, 0.6) is 5.75 Å². The van der Waals surface area contributed by atoms with Crippen molar-refractivity contribution < 1.29 is 9.84 Å². The van der Waals surface area contributed by atoms with E-state index in [0.29, 0.717) is 30.3 Å². The Hall–Kier alpha value is -1.55. The molecule has 0 aliphatic heterocycles. The van der Waals surface area contributed by atoms with Crippen LogP contribution in [0.3, 0.4) is 0 Å². The average Bonchev–Trinajstić information content (AvgIpc) is 2.47. The number of aliphatic hydroxyl groups excluding tert-OH is 1. The molecule has 0 heterocycles. The van der Waals surface area contributed by atoms with E-state index < -0.39 is 6.10 Å². The van der Waals surface area contributed by atoms with Crippen molar-refractivity contribution in [3.8, 4) is 5.75 Å². The van der Waals surface area contributed by atoms with Gasteiger partial charge in [0, 0.05) is 10.6 Å². The smallest absolute Gasteiger partial charge is 0.120 e. The maximum Gasteiger partial charge on any atom is 0.120 e. The van der Waals surface area contributed by atoms with Gasteiger partial charge < -0.3 is 15.6 Å². The normalized spacial score (nSPS) is 12.2. The standard InChI is InChI=1S/C17H20ClNO2/c1-12-4-2-7-16(18)15(12)11-21-14-6-3-5-13(10-14)17(20)8-9-19/h2-7,10,17,20H,8-9,11,19H2,1H3. The van der Waals surface area contributed by atoms with E-state index in [1.54, 1.807) is 0 Å². The highest BCUT2D eigenvalue weighted by atomic mass is 35.5. The molecule has 0 radical (unpaired) electrons. The summed E-state index contributed by atoms with van der Waals surface area (Å²) in [6, 6.07) is 13.2. The summed E-state index contributed by atoms with van der Waals surface area (Å²) in [7, 11) is 0. The molecule has 0 aliphatic carbocycles. The van der Waals surface area contributed by atoms with Crippen molar-refractivity contribution in [2.24, 2.45) is 5.73 Å². The molecule has 2 rings (SSSR count). The van der Waals surface area contributed by atoms with Crippen LogP contribution in [-0.2, 0) is 6.61 Å². The van der Waals surface area contributed by atoms with E-state index >= 15 is 0 Å². The van der Waals surface area contributed by atoms with E-state index in [1.165, 1.54) is 0 Å². The van der Waals surface area contributed by atoms with Gasteiger partial charge in [0.2, 0.25) is 0 Å². The first-order valence-electron chi connectivity index (χ1n) is 6.96. The van der Waals surface area contributed by atoms with Gasteiger partial charge in [-0.2, -0.15) is 0 Å². The largest absolute Gasteiger partial charge is 0.489 e. The van der Waals surface area contributed by atoms with E-state index in [9.17, 15) is 5.11 Å². The SMILES string of the molecule is Cc1cccc(Cl)c1COc1cccc(C(O)CCN)c1. The molecule has 2 aromatic carbocycles. The summed E-state index contributed by atoms with van der Waals surface area (Å²) in [5.41, 5.74) is 8.36. The summed E-state index contributed by atoms with van der Waals surface area (Å²) in [5, 5.41) is 10.7. The van der Waals surface area contributed by atoms with Crippen molar-refractivity contribution in [1.29, 1.82) is 0 Å². The van der Waals surface area contributed by atoms with Crippen molar-refractivity contribution in [1.82, 2.24) is 0 Å². The molecule has 4 heteroatoms. The third-order valence-corrected chi connectivity index (χ3v) is 3.77. The third-order valence-electron chi connectivity index (χ3n) is 3.42. The number of aliphatic hydroxyl groups is 1. The first kappa shape index (κ1) is 15.8. The quantitative estimate of drug-likeness (QED) is 0.857. The monoisotopic (exact) mass is 305 g/mol. The van der Waals surface area contributed by atoms with Gasteiger partial charge in [-0.3, -0.25) is 0 Å². The minimum Gasteiger partial charge on any atom is -0.489 e. The van der Waals surface area contributed by atoms with Crippen molar-refractivity contribution in [2.45, 2.75) is 26.1 Å². The molecule has 3 nitrogen and oxygen atoms in total. The highest BCUT2D eigenvalue weighted by molar-refractivity contribution is 6.31. The Balaban J connectivity index is 2.08. The Kier molecular flexibility index (Phi) is 5.62. The molecular formula is C17H20ClNO2. The highest BCUT2D eigenvalue weighted by Crippen LogP contribution is 2.24. The molecule has 0 saturated carbocycles. The molecule has 0 amide bonds. The fourth-order valence-corrected chi connectivity index (χ4v) is 2.42. The Labute approximate surface area is 130 Å². The molecule has 1 atom stereocenters. The second-order valence-corrected chi connectivity index (χ2v) is 5.40. The summed E-state index contributed by atoms with van der Waals surface area (Å²) in [4.78, 5) is 0. The molecule has 0 saturated heterocycles. The van der Waals surface area contributed by atoms with Crippen LogP contribution < -0.4 is 10.5 Å². The molecule has 2 aromatic rings. The number of hydrogen-bond acceptors (Lipinski definition) is 3. The summed E-state index contributed by atoms with van der Waals surface area (Å²) in [6.45, 7) is 2.86. The van der Waals surface area contributed by atoms with Gasteiger partial charge in [-0.25, -0.2) is 0 Å². The molecule has 0 bridgehead atoms. The van der Waals surface area contributed by atoms with Crippen molar-refractivity contribution in [3.63, 3.8) is 0 Å². The Bertz CT molecular complexity index is 581. The lowest BCUT2D eigenvalue weighted by molar-refractivity contribution is 0.169. The van der Waals surface area contributed by atoms with Gasteiger partial charge in [-0.1, -0.05) is 35.9 Å². The predicted molar refractivity (Wildman–Crippen MR) is 85.6 cm³/mol. The summed E-state index contributed by atoms with van der Waals surface area (Å²) in [5.74, 6) is 0.711. The number of nitrogens with two attached hydrogens (primary N) is 1. The first-order valence-corrected chi connectivity index (χ1v) is 7.34. The van der Waals surface area contributed by atoms with E-state index in [-0.39, 0.29) is 0 Å². The molecule has 112 valence electrons. The lowest BCUT2D eigenvalue weighted by Gasteiger charge is -2.13. The van der Waals surface area contributed by atoms with E-state index in [0.717, 1.165) is 16.7 Å². The third kappa shape index (κ3) is 4.21. The number of ether oxygens (including phenoxy) is 1. The Morgan fingerprint density at radius 2 is 2.00 bits per heavy atom. The van der Waals surface area contributed by atoms with Gasteiger partial charge in [0.05, 0.1) is 6.10 Å². The molecule has 0 fully saturated rings. The zero-order valence-electron chi connectivity index (χ0n) is 12.1. The van der Waals surface area contributed by atoms with Crippen LogP contribution in [0.1, 0.15) is 29.2 Å². The van der Waals surface area contributed by atoms with Gasteiger partial charge in [0.1, 0.15) is 12.4 Å². The number of benzene rings is 2. The summed E-state index contributed by atoms with van der Waals surface area (Å²) in [6.07, 6.45) is -0.0202. The zero-order valence-corrected chi connectivity index (χ0v) is 12.8. The second-order valence-electron chi connectivity index (χ2n) is 4.99. The van der Waals surface area contributed by atoms with Crippen molar-refractivity contribution in [3.05, 3.63) is 64.2 Å². The van der Waals surface area contributed by atoms with E-state index in [4.69, 9.17) is 22.1 Å². The van der Waals surface area contributed by atoms with Gasteiger partial charge in [0.15, 0.2) is 0 Å². The van der Waals surface area contributed by atoms with Crippen LogP contribution in [0.15, 0.2) is 42.5 Å². The minimum atomic E-state index is -0.555. The predicted octanol–water partition coefficient (Wildman–Crippen LogP) is 3.61. The van der Waals surface area contributed by atoms with Crippen LogP contribution >= 0.6 is 11.6 Å². The highest BCUT2D eigenvalue weighted by Gasteiger charge is 2.08. The van der Waals surface area contributed by atoms with Crippen LogP contribution in [0.4, 0.5) is 0 Å².